The Hall–Kier alpha value is -0.220. The van der Waals surface area contributed by atoms with Gasteiger partial charge in [0.25, 0.3) is 0 Å². The van der Waals surface area contributed by atoms with E-state index in [1.165, 1.54) is 12.8 Å². The Balaban J connectivity index is 1.88. The molecule has 0 radical (unpaired) electrons. The van der Waals surface area contributed by atoms with Gasteiger partial charge < -0.3 is 9.64 Å². The normalized spacial score (nSPS) is 20.3. The van der Waals surface area contributed by atoms with E-state index in [1.54, 1.807) is 6.07 Å². The minimum absolute atomic E-state index is 0.217. The SMILES string of the molecule is CN1CCCC1CCOc1nc(Cl)c(Cl)cc1Cl. The number of rotatable bonds is 4. The summed E-state index contributed by atoms with van der Waals surface area (Å²) in [5, 5.41) is 0.947. The summed E-state index contributed by atoms with van der Waals surface area (Å²) in [6.45, 7) is 1.75. The first-order valence-corrected chi connectivity index (χ1v) is 7.06. The molecule has 2 heterocycles. The summed E-state index contributed by atoms with van der Waals surface area (Å²) < 4.78 is 5.57. The number of halogens is 3. The predicted molar refractivity (Wildman–Crippen MR) is 75.0 cm³/mol. The second kappa shape index (κ2) is 6.29. The lowest BCUT2D eigenvalue weighted by Crippen LogP contribution is -2.26. The number of nitrogens with zero attached hydrogens (tertiary/aromatic N) is 2. The zero-order valence-electron chi connectivity index (χ0n) is 10.1. The van der Waals surface area contributed by atoms with E-state index in [1.807, 2.05) is 0 Å². The molecule has 1 aromatic heterocycles. The largest absolute Gasteiger partial charge is 0.477 e. The van der Waals surface area contributed by atoms with Crippen LogP contribution in [-0.4, -0.2) is 36.1 Å². The van der Waals surface area contributed by atoms with Crippen molar-refractivity contribution in [2.45, 2.75) is 25.3 Å². The lowest BCUT2D eigenvalue weighted by atomic mass is 10.1. The van der Waals surface area contributed by atoms with Crippen LogP contribution in [0.15, 0.2) is 6.07 Å². The molecule has 1 saturated heterocycles. The molecule has 1 aliphatic heterocycles. The molecule has 0 spiro atoms. The Morgan fingerprint density at radius 2 is 2.17 bits per heavy atom. The number of aromatic nitrogens is 1. The molecule has 18 heavy (non-hydrogen) atoms. The zero-order valence-corrected chi connectivity index (χ0v) is 12.4. The van der Waals surface area contributed by atoms with E-state index >= 15 is 0 Å². The second-order valence-electron chi connectivity index (χ2n) is 4.46. The summed E-state index contributed by atoms with van der Waals surface area (Å²) in [7, 11) is 2.14. The van der Waals surface area contributed by atoms with Crippen molar-refractivity contribution >= 4 is 34.8 Å². The second-order valence-corrected chi connectivity index (χ2v) is 5.63. The van der Waals surface area contributed by atoms with Crippen molar-refractivity contribution in [3.05, 3.63) is 21.3 Å². The van der Waals surface area contributed by atoms with Gasteiger partial charge in [0.1, 0.15) is 5.02 Å². The van der Waals surface area contributed by atoms with Gasteiger partial charge in [-0.25, -0.2) is 0 Å². The molecule has 1 aliphatic rings. The van der Waals surface area contributed by atoms with Crippen LogP contribution >= 0.6 is 34.8 Å². The topological polar surface area (TPSA) is 25.4 Å². The standard InChI is InChI=1S/C12H15Cl3N2O/c1-17-5-2-3-8(17)4-6-18-12-10(14)7-9(13)11(15)16-12/h7-8H,2-6H2,1H3. The van der Waals surface area contributed by atoms with Crippen LogP contribution in [0.2, 0.25) is 15.2 Å². The molecule has 0 N–H and O–H groups in total. The molecule has 100 valence electrons. The molecule has 1 aromatic rings. The quantitative estimate of drug-likeness (QED) is 0.789. The zero-order chi connectivity index (χ0) is 13.1. The van der Waals surface area contributed by atoms with Gasteiger partial charge in [-0.15, -0.1) is 0 Å². The lowest BCUT2D eigenvalue weighted by Gasteiger charge is -2.19. The van der Waals surface area contributed by atoms with Crippen molar-refractivity contribution in [1.82, 2.24) is 9.88 Å². The summed E-state index contributed by atoms with van der Waals surface area (Å²) in [6, 6.07) is 2.14. The maximum atomic E-state index is 5.98. The number of likely N-dealkylation sites (tertiary alicyclic amines) is 1. The van der Waals surface area contributed by atoms with Crippen molar-refractivity contribution < 1.29 is 4.74 Å². The van der Waals surface area contributed by atoms with Gasteiger partial charge in [-0.3, -0.25) is 0 Å². The van der Waals surface area contributed by atoms with Gasteiger partial charge in [0.15, 0.2) is 5.15 Å². The monoisotopic (exact) mass is 308 g/mol. The Bertz CT molecular complexity index is 428. The van der Waals surface area contributed by atoms with Crippen molar-refractivity contribution in [2.24, 2.45) is 0 Å². The van der Waals surface area contributed by atoms with Gasteiger partial charge in [-0.05, 0) is 38.9 Å². The van der Waals surface area contributed by atoms with Crippen molar-refractivity contribution in [1.29, 1.82) is 0 Å². The predicted octanol–water partition coefficient (Wildman–Crippen LogP) is 3.90. The minimum atomic E-state index is 0.217. The van der Waals surface area contributed by atoms with Crippen LogP contribution < -0.4 is 4.74 Å². The third kappa shape index (κ3) is 3.41. The van der Waals surface area contributed by atoms with Crippen LogP contribution in [0.1, 0.15) is 19.3 Å². The van der Waals surface area contributed by atoms with Gasteiger partial charge in [-0.1, -0.05) is 34.8 Å². The van der Waals surface area contributed by atoms with Gasteiger partial charge in [0, 0.05) is 6.04 Å². The molecule has 0 amide bonds. The van der Waals surface area contributed by atoms with E-state index in [9.17, 15) is 0 Å². The minimum Gasteiger partial charge on any atom is -0.477 e. The molecular formula is C12H15Cl3N2O. The summed E-state index contributed by atoms with van der Waals surface area (Å²) in [4.78, 5) is 6.38. The van der Waals surface area contributed by atoms with Gasteiger partial charge in [0.05, 0.1) is 11.6 Å². The molecule has 0 aromatic carbocycles. The van der Waals surface area contributed by atoms with Crippen LogP contribution in [0.5, 0.6) is 5.88 Å². The van der Waals surface area contributed by atoms with E-state index in [-0.39, 0.29) is 5.15 Å². The number of pyridine rings is 1. The average Bonchev–Trinajstić information content (AvgIpc) is 2.72. The molecular weight excluding hydrogens is 295 g/mol. The fraction of sp³-hybridized carbons (Fsp3) is 0.583. The van der Waals surface area contributed by atoms with Gasteiger partial charge in [0.2, 0.25) is 5.88 Å². The Kier molecular flexibility index (Phi) is 4.96. The summed E-state index contributed by atoms with van der Waals surface area (Å²) in [5.41, 5.74) is 0. The number of hydrogen-bond acceptors (Lipinski definition) is 3. The third-order valence-electron chi connectivity index (χ3n) is 3.22. The van der Waals surface area contributed by atoms with Crippen LogP contribution in [0, 0.1) is 0 Å². The van der Waals surface area contributed by atoms with Crippen LogP contribution in [-0.2, 0) is 0 Å². The first kappa shape index (κ1) is 14.2. The Morgan fingerprint density at radius 3 is 2.83 bits per heavy atom. The third-order valence-corrected chi connectivity index (χ3v) is 4.16. The molecule has 1 atom stereocenters. The molecule has 0 aliphatic carbocycles. The van der Waals surface area contributed by atoms with Crippen molar-refractivity contribution in [2.75, 3.05) is 20.2 Å². The fourth-order valence-electron chi connectivity index (χ4n) is 2.17. The number of ether oxygens (including phenoxy) is 1. The maximum Gasteiger partial charge on any atom is 0.234 e. The molecule has 1 fully saturated rings. The average molecular weight is 310 g/mol. The number of hydrogen-bond donors (Lipinski definition) is 0. The van der Waals surface area contributed by atoms with Crippen LogP contribution in [0.4, 0.5) is 0 Å². The Morgan fingerprint density at radius 1 is 1.39 bits per heavy atom. The first-order chi connectivity index (χ1) is 8.58. The van der Waals surface area contributed by atoms with E-state index in [2.05, 4.69) is 16.9 Å². The molecule has 0 bridgehead atoms. The van der Waals surface area contributed by atoms with E-state index in [0.717, 1.165) is 13.0 Å². The smallest absolute Gasteiger partial charge is 0.234 e. The van der Waals surface area contributed by atoms with Gasteiger partial charge >= 0.3 is 0 Å². The fourth-order valence-corrected chi connectivity index (χ4v) is 2.71. The first-order valence-electron chi connectivity index (χ1n) is 5.92. The Labute approximate surface area is 122 Å². The van der Waals surface area contributed by atoms with Crippen LogP contribution in [0.3, 0.4) is 0 Å². The van der Waals surface area contributed by atoms with Crippen molar-refractivity contribution in [3.63, 3.8) is 0 Å². The van der Waals surface area contributed by atoms with E-state index in [4.69, 9.17) is 39.5 Å². The van der Waals surface area contributed by atoms with Crippen LogP contribution in [0.25, 0.3) is 0 Å². The highest BCUT2D eigenvalue weighted by atomic mass is 35.5. The summed E-state index contributed by atoms with van der Waals surface area (Å²) in [5.74, 6) is 0.353. The van der Waals surface area contributed by atoms with Gasteiger partial charge in [-0.2, -0.15) is 4.98 Å². The highest BCUT2D eigenvalue weighted by molar-refractivity contribution is 6.42. The maximum absolute atomic E-state index is 5.98. The lowest BCUT2D eigenvalue weighted by molar-refractivity contribution is 0.229. The molecule has 1 unspecified atom stereocenters. The molecule has 2 rings (SSSR count). The summed E-state index contributed by atoms with van der Waals surface area (Å²) in [6.07, 6.45) is 3.45. The van der Waals surface area contributed by atoms with E-state index < -0.39 is 0 Å². The molecule has 6 heteroatoms. The molecule has 0 saturated carbocycles. The highest BCUT2D eigenvalue weighted by Gasteiger charge is 2.20. The van der Waals surface area contributed by atoms with E-state index in [0.29, 0.717) is 28.6 Å². The highest BCUT2D eigenvalue weighted by Crippen LogP contribution is 2.30. The van der Waals surface area contributed by atoms with Crippen molar-refractivity contribution in [3.8, 4) is 5.88 Å². The molecule has 3 nitrogen and oxygen atoms in total. The summed E-state index contributed by atoms with van der Waals surface area (Å²) >= 11 is 17.6.